The van der Waals surface area contributed by atoms with Crippen molar-refractivity contribution in [1.29, 1.82) is 0 Å². The highest BCUT2D eigenvalue weighted by Crippen LogP contribution is 2.40. The van der Waals surface area contributed by atoms with E-state index in [-0.39, 0.29) is 24.0 Å². The highest BCUT2D eigenvalue weighted by atomic mass is 16.5. The molecule has 8 nitrogen and oxygen atoms in total. The summed E-state index contributed by atoms with van der Waals surface area (Å²) in [6.45, 7) is 3.92. The number of benzene rings is 2. The van der Waals surface area contributed by atoms with Gasteiger partial charge >= 0.3 is 5.97 Å². The third kappa shape index (κ3) is 4.98. The number of hydrogen-bond acceptors (Lipinski definition) is 7. The molecule has 1 N–H and O–H groups in total. The number of methoxy groups -OCH3 is 1. The van der Waals surface area contributed by atoms with E-state index in [0.717, 1.165) is 5.56 Å². The Kier molecular flexibility index (Phi) is 7.15. The van der Waals surface area contributed by atoms with E-state index in [4.69, 9.17) is 9.47 Å². The minimum atomic E-state index is -0.872. The molecule has 1 fully saturated rings. The number of ketones is 1. The molecule has 0 bridgehead atoms. The molecule has 0 saturated carbocycles. The van der Waals surface area contributed by atoms with Gasteiger partial charge in [0.05, 0.1) is 30.4 Å². The summed E-state index contributed by atoms with van der Waals surface area (Å²) in [5.74, 6) is -1.70. The molecule has 1 amide bonds. The first kappa shape index (κ1) is 24.7. The number of carbonyl (C=O) groups excluding carboxylic acids is 3. The second-order valence-electron chi connectivity index (χ2n) is 8.59. The SMILES string of the molecule is COC(=O)c1ccc([C@H]2/C(=C(\O)c3ccc(OC(C)C)cc3)C(=O)C(=O)N2Cc2cccnc2)cc1. The Labute approximate surface area is 208 Å². The van der Waals surface area contributed by atoms with Gasteiger partial charge in [0.1, 0.15) is 11.5 Å². The predicted molar refractivity (Wildman–Crippen MR) is 132 cm³/mol. The predicted octanol–water partition coefficient (Wildman–Crippen LogP) is 4.28. The van der Waals surface area contributed by atoms with Gasteiger partial charge in [-0.2, -0.15) is 0 Å². The number of aromatic nitrogens is 1. The first-order valence-electron chi connectivity index (χ1n) is 11.4. The number of aliphatic hydroxyl groups is 1. The number of amides is 1. The molecule has 2 aromatic carbocycles. The van der Waals surface area contributed by atoms with Crippen LogP contribution in [-0.4, -0.2) is 45.9 Å². The zero-order valence-corrected chi connectivity index (χ0v) is 20.2. The fourth-order valence-corrected chi connectivity index (χ4v) is 4.12. The van der Waals surface area contributed by atoms with Crippen LogP contribution in [0.1, 0.15) is 46.9 Å². The highest BCUT2D eigenvalue weighted by Gasteiger charge is 2.46. The summed E-state index contributed by atoms with van der Waals surface area (Å²) in [6.07, 6.45) is 3.22. The van der Waals surface area contributed by atoms with Crippen molar-refractivity contribution >= 4 is 23.4 Å². The molecular formula is C28H26N2O6. The lowest BCUT2D eigenvalue weighted by Gasteiger charge is -2.25. The zero-order valence-electron chi connectivity index (χ0n) is 20.2. The van der Waals surface area contributed by atoms with E-state index in [1.54, 1.807) is 73.1 Å². The van der Waals surface area contributed by atoms with Crippen molar-refractivity contribution < 1.29 is 29.0 Å². The molecule has 2 heterocycles. The molecule has 0 spiro atoms. The molecular weight excluding hydrogens is 460 g/mol. The fourth-order valence-electron chi connectivity index (χ4n) is 4.12. The van der Waals surface area contributed by atoms with Crippen molar-refractivity contribution in [2.24, 2.45) is 0 Å². The van der Waals surface area contributed by atoms with Crippen LogP contribution >= 0.6 is 0 Å². The number of aliphatic hydroxyl groups excluding tert-OH is 1. The molecule has 4 rings (SSSR count). The number of Topliss-reactive ketones (excluding diaryl/α,β-unsaturated/α-hetero) is 1. The smallest absolute Gasteiger partial charge is 0.337 e. The molecule has 0 unspecified atom stereocenters. The maximum Gasteiger partial charge on any atom is 0.337 e. The molecule has 0 radical (unpaired) electrons. The van der Waals surface area contributed by atoms with Crippen LogP contribution in [0.3, 0.4) is 0 Å². The number of rotatable bonds is 7. The van der Waals surface area contributed by atoms with E-state index in [0.29, 0.717) is 22.4 Å². The Hall–Kier alpha value is -4.46. The summed E-state index contributed by atoms with van der Waals surface area (Å²) in [5.41, 5.74) is 1.96. The Morgan fingerprint density at radius 3 is 2.28 bits per heavy atom. The lowest BCUT2D eigenvalue weighted by Crippen LogP contribution is -2.29. The molecule has 1 aromatic heterocycles. The van der Waals surface area contributed by atoms with Gasteiger partial charge in [-0.15, -0.1) is 0 Å². The number of esters is 1. The van der Waals surface area contributed by atoms with Gasteiger partial charge in [0.25, 0.3) is 11.7 Å². The van der Waals surface area contributed by atoms with Gasteiger partial charge < -0.3 is 19.5 Å². The first-order chi connectivity index (χ1) is 17.3. The number of ether oxygens (including phenoxy) is 2. The summed E-state index contributed by atoms with van der Waals surface area (Å²) in [7, 11) is 1.29. The highest BCUT2D eigenvalue weighted by molar-refractivity contribution is 6.46. The number of carbonyl (C=O) groups is 3. The van der Waals surface area contributed by atoms with Gasteiger partial charge in [0, 0.05) is 24.5 Å². The van der Waals surface area contributed by atoms with Crippen LogP contribution < -0.4 is 4.74 Å². The number of nitrogens with zero attached hydrogens (tertiary/aromatic N) is 2. The minimum Gasteiger partial charge on any atom is -0.507 e. The largest absolute Gasteiger partial charge is 0.507 e. The number of likely N-dealkylation sites (tertiary alicyclic amines) is 1. The maximum absolute atomic E-state index is 13.2. The Balaban J connectivity index is 1.80. The molecule has 8 heteroatoms. The van der Waals surface area contributed by atoms with E-state index in [1.165, 1.54) is 12.0 Å². The average Bonchev–Trinajstić information content (AvgIpc) is 3.13. The molecule has 1 atom stereocenters. The molecule has 1 aliphatic rings. The summed E-state index contributed by atoms with van der Waals surface area (Å²) in [6, 6.07) is 15.7. The maximum atomic E-state index is 13.2. The van der Waals surface area contributed by atoms with Gasteiger partial charge in [-0.05, 0) is 67.4 Å². The van der Waals surface area contributed by atoms with Crippen molar-refractivity contribution in [2.75, 3.05) is 7.11 Å². The molecule has 184 valence electrons. The van der Waals surface area contributed by atoms with Crippen molar-refractivity contribution in [3.8, 4) is 5.75 Å². The van der Waals surface area contributed by atoms with E-state index < -0.39 is 23.7 Å². The Morgan fingerprint density at radius 1 is 1.03 bits per heavy atom. The van der Waals surface area contributed by atoms with Crippen LogP contribution in [0.15, 0.2) is 78.6 Å². The van der Waals surface area contributed by atoms with Gasteiger partial charge in [-0.3, -0.25) is 14.6 Å². The van der Waals surface area contributed by atoms with Crippen LogP contribution in [0, 0.1) is 0 Å². The third-order valence-corrected chi connectivity index (χ3v) is 5.76. The van der Waals surface area contributed by atoms with E-state index in [2.05, 4.69) is 4.98 Å². The summed E-state index contributed by atoms with van der Waals surface area (Å²) in [5, 5.41) is 11.2. The molecule has 0 aliphatic carbocycles. The van der Waals surface area contributed by atoms with Gasteiger partial charge in [-0.1, -0.05) is 18.2 Å². The lowest BCUT2D eigenvalue weighted by atomic mass is 9.94. The second kappa shape index (κ2) is 10.4. The van der Waals surface area contributed by atoms with Crippen LogP contribution in [-0.2, 0) is 20.9 Å². The molecule has 1 aliphatic heterocycles. The van der Waals surface area contributed by atoms with E-state index in [1.807, 2.05) is 13.8 Å². The third-order valence-electron chi connectivity index (χ3n) is 5.76. The summed E-state index contributed by atoms with van der Waals surface area (Å²) < 4.78 is 10.4. The summed E-state index contributed by atoms with van der Waals surface area (Å²) in [4.78, 5) is 43.8. The van der Waals surface area contributed by atoms with Gasteiger partial charge in [0.15, 0.2) is 0 Å². The average molecular weight is 487 g/mol. The normalized spacial score (nSPS) is 16.9. The van der Waals surface area contributed by atoms with E-state index >= 15 is 0 Å². The topological polar surface area (TPSA) is 106 Å². The molecule has 36 heavy (non-hydrogen) atoms. The first-order valence-corrected chi connectivity index (χ1v) is 11.4. The van der Waals surface area contributed by atoms with Crippen LogP contribution in [0.5, 0.6) is 5.75 Å². The summed E-state index contributed by atoms with van der Waals surface area (Å²) >= 11 is 0. The number of hydrogen-bond donors (Lipinski definition) is 1. The fraction of sp³-hybridized carbons (Fsp3) is 0.214. The van der Waals surface area contributed by atoms with E-state index in [9.17, 15) is 19.5 Å². The minimum absolute atomic E-state index is 0.0183. The van der Waals surface area contributed by atoms with Gasteiger partial charge in [-0.25, -0.2) is 4.79 Å². The van der Waals surface area contributed by atoms with Crippen LogP contribution in [0.4, 0.5) is 0 Å². The molecule has 3 aromatic rings. The Morgan fingerprint density at radius 2 is 1.69 bits per heavy atom. The second-order valence-corrected chi connectivity index (χ2v) is 8.59. The van der Waals surface area contributed by atoms with Crippen LogP contribution in [0.2, 0.25) is 0 Å². The van der Waals surface area contributed by atoms with Crippen LogP contribution in [0.25, 0.3) is 5.76 Å². The van der Waals surface area contributed by atoms with Crippen molar-refractivity contribution in [2.45, 2.75) is 32.5 Å². The van der Waals surface area contributed by atoms with Crippen molar-refractivity contribution in [1.82, 2.24) is 9.88 Å². The van der Waals surface area contributed by atoms with Crippen molar-refractivity contribution in [3.63, 3.8) is 0 Å². The standard InChI is InChI=1S/C28H26N2O6/c1-17(2)36-22-12-10-20(11-13-22)25(31)23-24(19-6-8-21(9-7-19)28(34)35-3)30(27(33)26(23)32)16-18-5-4-14-29-15-18/h4-15,17,24,31H,16H2,1-3H3/b25-23+/t24-/m0/s1. The number of pyridine rings is 1. The quantitative estimate of drug-likeness (QED) is 0.230. The monoisotopic (exact) mass is 486 g/mol. The Bertz CT molecular complexity index is 1300. The zero-order chi connectivity index (χ0) is 25.8. The van der Waals surface area contributed by atoms with Crippen molar-refractivity contribution in [3.05, 3.63) is 101 Å². The van der Waals surface area contributed by atoms with Gasteiger partial charge in [0.2, 0.25) is 0 Å². The molecule has 1 saturated heterocycles. The lowest BCUT2D eigenvalue weighted by molar-refractivity contribution is -0.140.